The van der Waals surface area contributed by atoms with Gasteiger partial charge in [-0.1, -0.05) is 44.2 Å². The molecule has 5 rings (SSSR count). The Balaban J connectivity index is 1.57. The van der Waals surface area contributed by atoms with Crippen LogP contribution in [0.4, 0.5) is 5.69 Å². The number of benzene rings is 3. The van der Waals surface area contributed by atoms with Gasteiger partial charge in [-0.3, -0.25) is 0 Å². The first-order chi connectivity index (χ1) is 14.4. The van der Waals surface area contributed by atoms with Crippen molar-refractivity contribution in [3.8, 4) is 28.0 Å². The Kier molecular flexibility index (Phi) is 4.51. The van der Waals surface area contributed by atoms with Crippen LogP contribution < -0.4 is 10.1 Å². The normalized spacial score (nSPS) is 21.7. The second-order valence-corrected chi connectivity index (χ2v) is 8.86. The summed E-state index contributed by atoms with van der Waals surface area (Å²) in [6, 6.07) is 17.0. The maximum Gasteiger partial charge on any atom is 0.196 e. The van der Waals surface area contributed by atoms with E-state index in [2.05, 4.69) is 47.8 Å². The van der Waals surface area contributed by atoms with Crippen LogP contribution in [0.1, 0.15) is 27.7 Å². The summed E-state index contributed by atoms with van der Waals surface area (Å²) >= 11 is 0. The number of nitrogens with one attached hydrogen (secondary N) is 1. The van der Waals surface area contributed by atoms with Crippen molar-refractivity contribution in [2.75, 3.05) is 12.4 Å². The van der Waals surface area contributed by atoms with Crippen LogP contribution >= 0.6 is 0 Å². The second kappa shape index (κ2) is 6.98. The Hall–Kier alpha value is -2.60. The number of rotatable bonds is 4. The standard InChI is InChI=1S/C25H27NO4/c1-14(2)23-28-24(25(3,4)30-29-23)26-21-12-11-18-16-10-9-15(27-5)13-20(16)17-7-6-8-19(21)22(17)18/h6-14,23-24,26H,1-5H3. The molecule has 0 radical (unpaired) electrons. The molecule has 1 saturated heterocycles. The molecule has 1 heterocycles. The molecule has 30 heavy (non-hydrogen) atoms. The molecule has 0 aromatic heterocycles. The number of hydrogen-bond acceptors (Lipinski definition) is 5. The lowest BCUT2D eigenvalue weighted by molar-refractivity contribution is -0.485. The molecule has 2 atom stereocenters. The van der Waals surface area contributed by atoms with Crippen molar-refractivity contribution < 1.29 is 19.2 Å². The average Bonchev–Trinajstić information content (AvgIpc) is 3.05. The van der Waals surface area contributed by atoms with Gasteiger partial charge < -0.3 is 14.8 Å². The lowest BCUT2D eigenvalue weighted by Gasteiger charge is -2.42. The predicted molar refractivity (Wildman–Crippen MR) is 118 cm³/mol. The summed E-state index contributed by atoms with van der Waals surface area (Å²) in [6.07, 6.45) is -0.761. The van der Waals surface area contributed by atoms with Crippen LogP contribution in [0.3, 0.4) is 0 Å². The summed E-state index contributed by atoms with van der Waals surface area (Å²) in [6.45, 7) is 8.02. The molecule has 2 unspecified atom stereocenters. The van der Waals surface area contributed by atoms with Crippen LogP contribution in [0.5, 0.6) is 5.75 Å². The fraction of sp³-hybridized carbons (Fsp3) is 0.360. The highest BCUT2D eigenvalue weighted by molar-refractivity contribution is 6.18. The van der Waals surface area contributed by atoms with E-state index in [1.54, 1.807) is 7.11 Å². The summed E-state index contributed by atoms with van der Waals surface area (Å²) in [5, 5.41) is 5.99. The molecule has 5 heteroatoms. The quantitative estimate of drug-likeness (QED) is 0.424. The highest BCUT2D eigenvalue weighted by atomic mass is 17.2. The van der Waals surface area contributed by atoms with Crippen molar-refractivity contribution in [2.45, 2.75) is 45.8 Å². The Labute approximate surface area is 176 Å². The number of methoxy groups -OCH3 is 1. The highest BCUT2D eigenvalue weighted by Gasteiger charge is 2.41. The first kappa shape index (κ1) is 19.4. The number of hydrogen-bond donors (Lipinski definition) is 1. The van der Waals surface area contributed by atoms with Gasteiger partial charge in [-0.15, -0.1) is 0 Å². The monoisotopic (exact) mass is 405 g/mol. The zero-order chi connectivity index (χ0) is 21.0. The average molecular weight is 405 g/mol. The van der Waals surface area contributed by atoms with Crippen LogP contribution in [-0.2, 0) is 14.5 Å². The number of anilines is 1. The van der Waals surface area contributed by atoms with E-state index in [4.69, 9.17) is 19.2 Å². The Morgan fingerprint density at radius 3 is 2.50 bits per heavy atom. The fourth-order valence-corrected chi connectivity index (χ4v) is 4.24. The molecule has 0 spiro atoms. The van der Waals surface area contributed by atoms with Gasteiger partial charge in [-0.25, -0.2) is 9.78 Å². The molecule has 3 aromatic rings. The third-order valence-electron chi connectivity index (χ3n) is 5.94. The van der Waals surface area contributed by atoms with E-state index in [1.165, 1.54) is 27.6 Å². The van der Waals surface area contributed by atoms with Gasteiger partial charge in [-0.2, -0.15) is 0 Å². The van der Waals surface area contributed by atoms with E-state index in [9.17, 15) is 0 Å². The van der Waals surface area contributed by atoms with Gasteiger partial charge in [0, 0.05) is 17.0 Å². The van der Waals surface area contributed by atoms with Crippen molar-refractivity contribution in [3.05, 3.63) is 48.5 Å². The third-order valence-corrected chi connectivity index (χ3v) is 5.94. The van der Waals surface area contributed by atoms with Crippen LogP contribution in [0.15, 0.2) is 48.5 Å². The van der Waals surface area contributed by atoms with Crippen LogP contribution in [0.2, 0.25) is 0 Å². The minimum atomic E-state index is -0.634. The van der Waals surface area contributed by atoms with E-state index in [-0.39, 0.29) is 12.1 Å². The second-order valence-electron chi connectivity index (χ2n) is 8.86. The number of ether oxygens (including phenoxy) is 2. The molecule has 2 aliphatic rings. The maximum atomic E-state index is 6.21. The summed E-state index contributed by atoms with van der Waals surface area (Å²) in [5.74, 6) is 1.05. The molecule has 1 aliphatic carbocycles. The highest BCUT2D eigenvalue weighted by Crippen LogP contribution is 2.50. The molecule has 156 valence electrons. The molecule has 5 nitrogen and oxygen atoms in total. The first-order valence-corrected chi connectivity index (χ1v) is 10.4. The van der Waals surface area contributed by atoms with Gasteiger partial charge in [0.25, 0.3) is 0 Å². The van der Waals surface area contributed by atoms with Crippen molar-refractivity contribution in [3.63, 3.8) is 0 Å². The molecule has 0 saturated carbocycles. The topological polar surface area (TPSA) is 49.0 Å². The Morgan fingerprint density at radius 2 is 1.73 bits per heavy atom. The minimum Gasteiger partial charge on any atom is -0.497 e. The van der Waals surface area contributed by atoms with E-state index >= 15 is 0 Å². The minimum absolute atomic E-state index is 0.183. The molecule has 0 bridgehead atoms. The zero-order valence-electron chi connectivity index (χ0n) is 18.0. The van der Waals surface area contributed by atoms with E-state index in [0.29, 0.717) is 0 Å². The van der Waals surface area contributed by atoms with E-state index in [1.807, 2.05) is 33.8 Å². The summed E-state index contributed by atoms with van der Waals surface area (Å²) < 4.78 is 11.7. The van der Waals surface area contributed by atoms with Crippen molar-refractivity contribution in [1.29, 1.82) is 0 Å². The fourth-order valence-electron chi connectivity index (χ4n) is 4.24. The summed E-state index contributed by atoms with van der Waals surface area (Å²) in [5.41, 5.74) is 5.29. The Bertz CT molecular complexity index is 1120. The lowest BCUT2D eigenvalue weighted by atomic mass is 10.0. The van der Waals surface area contributed by atoms with E-state index < -0.39 is 11.9 Å². The Morgan fingerprint density at radius 1 is 0.967 bits per heavy atom. The van der Waals surface area contributed by atoms with Gasteiger partial charge in [0.15, 0.2) is 12.5 Å². The molecule has 3 aromatic carbocycles. The maximum absolute atomic E-state index is 6.21. The summed E-state index contributed by atoms with van der Waals surface area (Å²) in [4.78, 5) is 11.1. The first-order valence-electron chi connectivity index (χ1n) is 10.4. The molecule has 1 aliphatic heterocycles. The van der Waals surface area contributed by atoms with Gasteiger partial charge in [0.05, 0.1) is 7.11 Å². The summed E-state index contributed by atoms with van der Waals surface area (Å²) in [7, 11) is 1.70. The van der Waals surface area contributed by atoms with E-state index in [0.717, 1.165) is 16.8 Å². The molecule has 0 amide bonds. The zero-order valence-corrected chi connectivity index (χ0v) is 18.0. The number of fused-ring (bicyclic) bond motifs is 3. The van der Waals surface area contributed by atoms with Gasteiger partial charge in [-0.05, 0) is 59.7 Å². The lowest BCUT2D eigenvalue weighted by Crippen LogP contribution is -2.54. The van der Waals surface area contributed by atoms with Gasteiger partial charge >= 0.3 is 0 Å². The van der Waals surface area contributed by atoms with Crippen molar-refractivity contribution in [1.82, 2.24) is 0 Å². The molecular formula is C25H27NO4. The van der Waals surface area contributed by atoms with Crippen LogP contribution in [-0.4, -0.2) is 25.2 Å². The van der Waals surface area contributed by atoms with Crippen LogP contribution in [0, 0.1) is 5.92 Å². The SMILES string of the molecule is COc1ccc2c(c1)-c1cccc3c(NC4OC(C(C)C)OOC4(C)C)ccc-2c13. The van der Waals surface area contributed by atoms with Crippen LogP contribution in [0.25, 0.3) is 33.0 Å². The third kappa shape index (κ3) is 2.97. The molecular weight excluding hydrogens is 378 g/mol. The largest absolute Gasteiger partial charge is 0.497 e. The predicted octanol–water partition coefficient (Wildman–Crippen LogP) is 5.97. The van der Waals surface area contributed by atoms with Crippen molar-refractivity contribution in [2.24, 2.45) is 5.92 Å². The van der Waals surface area contributed by atoms with Gasteiger partial charge in [0.2, 0.25) is 0 Å². The smallest absolute Gasteiger partial charge is 0.196 e. The molecule has 1 N–H and O–H groups in total. The van der Waals surface area contributed by atoms with Crippen molar-refractivity contribution >= 4 is 16.5 Å². The molecule has 1 fully saturated rings. The van der Waals surface area contributed by atoms with Gasteiger partial charge in [0.1, 0.15) is 11.4 Å².